The molecule has 1 aliphatic heterocycles. The zero-order valence-corrected chi connectivity index (χ0v) is 19.6. The lowest BCUT2D eigenvalue weighted by atomic mass is 9.89. The zero-order chi connectivity index (χ0) is 21.7. The molecule has 8 heteroatoms. The molecule has 0 radical (unpaired) electrons. The predicted molar refractivity (Wildman–Crippen MR) is 126 cm³/mol. The molecule has 32 heavy (non-hydrogen) atoms. The molecule has 6 nitrogen and oxygen atoms in total. The number of aryl methyl sites for hydroxylation is 1. The van der Waals surface area contributed by atoms with Crippen LogP contribution in [0.25, 0.3) is 10.2 Å². The van der Waals surface area contributed by atoms with Crippen molar-refractivity contribution in [1.29, 1.82) is 0 Å². The molecule has 0 spiro atoms. The van der Waals surface area contributed by atoms with Crippen molar-refractivity contribution in [2.45, 2.75) is 56.5 Å². The summed E-state index contributed by atoms with van der Waals surface area (Å²) in [4.78, 5) is 25.1. The van der Waals surface area contributed by atoms with Crippen LogP contribution in [0.3, 0.4) is 0 Å². The van der Waals surface area contributed by atoms with Crippen molar-refractivity contribution in [3.8, 4) is 11.5 Å². The lowest BCUT2D eigenvalue weighted by molar-refractivity contribution is -0.118. The van der Waals surface area contributed by atoms with Crippen molar-refractivity contribution in [3.63, 3.8) is 0 Å². The average Bonchev–Trinajstić information content (AvgIpc) is 3.43. The summed E-state index contributed by atoms with van der Waals surface area (Å²) in [7, 11) is 0. The van der Waals surface area contributed by atoms with E-state index in [1.165, 1.54) is 35.1 Å². The van der Waals surface area contributed by atoms with Crippen LogP contribution in [0.15, 0.2) is 23.2 Å². The lowest BCUT2D eigenvalue weighted by Crippen LogP contribution is -2.24. The third kappa shape index (κ3) is 3.94. The molecule has 0 unspecified atom stereocenters. The maximum atomic E-state index is 12.6. The summed E-state index contributed by atoms with van der Waals surface area (Å²) in [5, 5.41) is 5.21. The number of hydrogen-bond acceptors (Lipinski definition) is 7. The van der Waals surface area contributed by atoms with E-state index in [-0.39, 0.29) is 12.7 Å². The number of hydrogen-bond donors (Lipinski definition) is 1. The van der Waals surface area contributed by atoms with Gasteiger partial charge in [-0.2, -0.15) is 0 Å². The first-order valence-corrected chi connectivity index (χ1v) is 13.0. The number of carbonyl (C=O) groups excluding carboxylic acids is 1. The number of nitrogens with one attached hydrogen (secondary N) is 1. The fraction of sp³-hybridized carbons (Fsp3) is 0.458. The topological polar surface area (TPSA) is 73.3 Å². The standard InChI is InChI=1S/C24H25N3O3S2/c1-13-2-6-16-19(8-13)32-24-21(16)23(26-22(27-24)15-4-5-15)31-11-20(28)25-10-14-3-7-17-18(9-14)30-12-29-17/h3,7,9,13,15H,2,4-6,8,10-12H2,1H3,(H,25,28)/t13-/m1/s1. The minimum Gasteiger partial charge on any atom is -0.454 e. The van der Waals surface area contributed by atoms with E-state index in [4.69, 9.17) is 19.4 Å². The average molecular weight is 468 g/mol. The summed E-state index contributed by atoms with van der Waals surface area (Å²) in [6.45, 7) is 3.05. The van der Waals surface area contributed by atoms with E-state index in [0.717, 1.165) is 51.5 Å². The van der Waals surface area contributed by atoms with Gasteiger partial charge < -0.3 is 14.8 Å². The largest absolute Gasteiger partial charge is 0.454 e. The van der Waals surface area contributed by atoms with Gasteiger partial charge in [0.05, 0.1) is 5.75 Å². The van der Waals surface area contributed by atoms with Gasteiger partial charge >= 0.3 is 0 Å². The van der Waals surface area contributed by atoms with Crippen molar-refractivity contribution < 1.29 is 14.3 Å². The normalized spacial score (nSPS) is 19.2. The Hall–Kier alpha value is -2.32. The molecular formula is C24H25N3O3S2. The van der Waals surface area contributed by atoms with Crippen LogP contribution in [0.4, 0.5) is 0 Å². The number of amides is 1. The van der Waals surface area contributed by atoms with Gasteiger partial charge in [0.2, 0.25) is 12.7 Å². The Morgan fingerprint density at radius 1 is 1.22 bits per heavy atom. The second-order valence-electron chi connectivity index (χ2n) is 8.95. The Morgan fingerprint density at radius 3 is 2.97 bits per heavy atom. The molecule has 166 valence electrons. The molecule has 1 aromatic carbocycles. The zero-order valence-electron chi connectivity index (χ0n) is 18.0. The highest BCUT2D eigenvalue weighted by atomic mass is 32.2. The van der Waals surface area contributed by atoms with Crippen LogP contribution in [0.1, 0.15) is 53.9 Å². The lowest BCUT2D eigenvalue weighted by Gasteiger charge is -2.18. The summed E-state index contributed by atoms with van der Waals surface area (Å²) in [6.07, 6.45) is 5.78. The fourth-order valence-electron chi connectivity index (χ4n) is 4.39. The van der Waals surface area contributed by atoms with Gasteiger partial charge in [0, 0.05) is 22.7 Å². The van der Waals surface area contributed by atoms with Crippen LogP contribution in [-0.2, 0) is 24.2 Å². The number of nitrogens with zero attached hydrogens (tertiary/aromatic N) is 2. The first-order chi connectivity index (χ1) is 15.6. The van der Waals surface area contributed by atoms with Crippen LogP contribution in [-0.4, -0.2) is 28.4 Å². The Labute approximate surface area is 195 Å². The van der Waals surface area contributed by atoms with E-state index >= 15 is 0 Å². The number of ether oxygens (including phenoxy) is 2. The maximum Gasteiger partial charge on any atom is 0.231 e. The third-order valence-corrected chi connectivity index (χ3v) is 8.47. The number of carbonyl (C=O) groups is 1. The van der Waals surface area contributed by atoms with Gasteiger partial charge in [0.15, 0.2) is 11.5 Å². The van der Waals surface area contributed by atoms with Crippen LogP contribution in [0.5, 0.6) is 11.5 Å². The smallest absolute Gasteiger partial charge is 0.231 e. The monoisotopic (exact) mass is 467 g/mol. The van der Waals surface area contributed by atoms with E-state index < -0.39 is 0 Å². The Kier molecular flexibility index (Phi) is 5.22. The van der Waals surface area contributed by atoms with Gasteiger partial charge in [0.1, 0.15) is 15.7 Å². The number of thiophene rings is 1. The van der Waals surface area contributed by atoms with Gasteiger partial charge in [0.25, 0.3) is 0 Å². The molecule has 3 aromatic rings. The quantitative estimate of drug-likeness (QED) is 0.413. The third-order valence-electron chi connectivity index (χ3n) is 6.35. The molecule has 2 aliphatic carbocycles. The number of rotatable bonds is 6. The predicted octanol–water partition coefficient (Wildman–Crippen LogP) is 4.83. The molecular weight excluding hydrogens is 442 g/mol. The molecule has 0 bridgehead atoms. The maximum absolute atomic E-state index is 12.6. The van der Waals surface area contributed by atoms with Gasteiger partial charge in [-0.1, -0.05) is 24.8 Å². The summed E-state index contributed by atoms with van der Waals surface area (Å²) < 4.78 is 10.8. The molecule has 1 amide bonds. The highest BCUT2D eigenvalue weighted by Gasteiger charge is 2.30. The number of fused-ring (bicyclic) bond motifs is 4. The van der Waals surface area contributed by atoms with E-state index in [9.17, 15) is 4.79 Å². The fourth-order valence-corrected chi connectivity index (χ4v) is 6.74. The summed E-state index contributed by atoms with van der Waals surface area (Å²) in [5.74, 6) is 4.03. The van der Waals surface area contributed by atoms with Crippen LogP contribution in [0, 0.1) is 5.92 Å². The summed E-state index contributed by atoms with van der Waals surface area (Å²) in [5.41, 5.74) is 2.42. The first kappa shape index (κ1) is 20.3. The molecule has 0 saturated heterocycles. The number of aromatic nitrogens is 2. The van der Waals surface area contributed by atoms with Gasteiger partial charge in [-0.05, 0) is 61.3 Å². The molecule has 6 rings (SSSR count). The SMILES string of the molecule is C[C@@H]1CCc2c(sc3nc(C4CC4)nc(SCC(=O)NCc4ccc5c(c4)OCO5)c23)C1. The van der Waals surface area contributed by atoms with E-state index in [1.807, 2.05) is 29.5 Å². The minimum atomic E-state index is 0.00474. The Balaban J connectivity index is 1.18. The van der Waals surface area contributed by atoms with Crippen molar-refractivity contribution in [2.75, 3.05) is 12.5 Å². The summed E-state index contributed by atoms with van der Waals surface area (Å²) in [6, 6.07) is 5.76. The van der Waals surface area contributed by atoms with Crippen molar-refractivity contribution in [3.05, 3.63) is 40.0 Å². The molecule has 3 aliphatic rings. The van der Waals surface area contributed by atoms with E-state index in [0.29, 0.717) is 18.2 Å². The van der Waals surface area contributed by atoms with Crippen LogP contribution >= 0.6 is 23.1 Å². The second-order valence-corrected chi connectivity index (χ2v) is 11.0. The Bertz CT molecular complexity index is 1200. The summed E-state index contributed by atoms with van der Waals surface area (Å²) >= 11 is 3.39. The van der Waals surface area contributed by atoms with Crippen molar-refractivity contribution in [2.24, 2.45) is 5.92 Å². The molecule has 1 fully saturated rings. The van der Waals surface area contributed by atoms with Gasteiger partial charge in [-0.15, -0.1) is 11.3 Å². The molecule has 1 saturated carbocycles. The van der Waals surface area contributed by atoms with Crippen LogP contribution in [0.2, 0.25) is 0 Å². The molecule has 1 N–H and O–H groups in total. The van der Waals surface area contributed by atoms with E-state index in [2.05, 4.69) is 12.2 Å². The van der Waals surface area contributed by atoms with Gasteiger partial charge in [-0.3, -0.25) is 4.79 Å². The first-order valence-electron chi connectivity index (χ1n) is 11.2. The highest BCUT2D eigenvalue weighted by Crippen LogP contribution is 2.44. The van der Waals surface area contributed by atoms with Crippen molar-refractivity contribution >= 4 is 39.2 Å². The van der Waals surface area contributed by atoms with E-state index in [1.54, 1.807) is 11.8 Å². The number of thioether (sulfide) groups is 1. The molecule has 2 aromatic heterocycles. The highest BCUT2D eigenvalue weighted by molar-refractivity contribution is 8.00. The molecule has 3 heterocycles. The van der Waals surface area contributed by atoms with Gasteiger partial charge in [-0.25, -0.2) is 9.97 Å². The molecule has 1 atom stereocenters. The Morgan fingerprint density at radius 2 is 2.09 bits per heavy atom. The minimum absolute atomic E-state index is 0.00474. The van der Waals surface area contributed by atoms with Crippen LogP contribution < -0.4 is 14.8 Å². The van der Waals surface area contributed by atoms with Crippen molar-refractivity contribution in [1.82, 2.24) is 15.3 Å². The number of benzene rings is 1. The second kappa shape index (κ2) is 8.23.